The Labute approximate surface area is 378 Å². The van der Waals surface area contributed by atoms with Crippen LogP contribution in [0.1, 0.15) is 47.6 Å². The molecule has 65 heavy (non-hydrogen) atoms. The van der Waals surface area contributed by atoms with Crippen LogP contribution in [-0.4, -0.2) is 99.7 Å². The zero-order chi connectivity index (χ0) is 45.5. The van der Waals surface area contributed by atoms with Gasteiger partial charge in [-0.15, -0.1) is 0 Å². The van der Waals surface area contributed by atoms with Gasteiger partial charge in [-0.05, 0) is 104 Å². The summed E-state index contributed by atoms with van der Waals surface area (Å²) in [5, 5.41) is 13.8. The minimum atomic E-state index is -0.637. The van der Waals surface area contributed by atoms with Gasteiger partial charge in [0.2, 0.25) is 11.9 Å². The number of nitrogens with two attached hydrogens (primary N) is 1. The van der Waals surface area contributed by atoms with Gasteiger partial charge >= 0.3 is 0 Å². The molecule has 2 fully saturated rings. The predicted molar refractivity (Wildman–Crippen MR) is 248 cm³/mol. The van der Waals surface area contributed by atoms with Crippen molar-refractivity contribution >= 4 is 11.9 Å². The van der Waals surface area contributed by atoms with Crippen molar-refractivity contribution in [3.63, 3.8) is 0 Å². The van der Waals surface area contributed by atoms with Gasteiger partial charge in [0.25, 0.3) is 0 Å². The van der Waals surface area contributed by atoms with Gasteiger partial charge in [0.15, 0.2) is 0 Å². The maximum atomic E-state index is 15.1. The molecule has 11 nitrogen and oxygen atoms in total. The van der Waals surface area contributed by atoms with E-state index in [1.165, 1.54) is 29.8 Å². The zero-order valence-electron chi connectivity index (χ0n) is 37.0. The molecule has 3 unspecified atom stereocenters. The monoisotopic (exact) mass is 887 g/mol. The standard InChI is InChI=1S/C50H57F4N11/c1-31-7-8-36(20-44(31)47-11-14-58-49(63-47)57-12-9-34-18-39(51)23-40(52)19-34)30-65-32(2)26-60-33(3)48(65)45(38-21-41(53)24-42(54)22-38)28-61-50-59-13-10-46(62-50)37-6-4-5-35(17-37)29-64-16-15-56-27-43(64)25-55/h4-8,10-11,13-14,17-24,32-33,43,45,48,56,60H,9,12,15-16,25-30,55H2,1-3H3,(H,57,58,63)(H,59,61,62)/t32-,33-,43?,45?,48?/m0/s1. The molecule has 4 aromatic carbocycles. The molecule has 8 rings (SSSR count). The van der Waals surface area contributed by atoms with Crippen molar-refractivity contribution in [3.8, 4) is 22.5 Å². The van der Waals surface area contributed by atoms with Crippen LogP contribution in [0.3, 0.4) is 0 Å². The molecule has 2 aromatic heterocycles. The van der Waals surface area contributed by atoms with Gasteiger partial charge in [-0.2, -0.15) is 0 Å². The van der Waals surface area contributed by atoms with Crippen LogP contribution in [0.5, 0.6) is 0 Å². The number of nitrogens with one attached hydrogen (secondary N) is 4. The van der Waals surface area contributed by atoms with E-state index in [0.29, 0.717) is 55.6 Å². The maximum Gasteiger partial charge on any atom is 0.223 e. The van der Waals surface area contributed by atoms with Gasteiger partial charge in [0.1, 0.15) is 23.3 Å². The van der Waals surface area contributed by atoms with Crippen LogP contribution >= 0.6 is 0 Å². The van der Waals surface area contributed by atoms with Crippen LogP contribution in [0, 0.1) is 30.2 Å². The summed E-state index contributed by atoms with van der Waals surface area (Å²) in [6, 6.07) is 25.8. The first-order valence-electron chi connectivity index (χ1n) is 22.4. The molecule has 0 bridgehead atoms. The first-order chi connectivity index (χ1) is 31.5. The third-order valence-electron chi connectivity index (χ3n) is 12.6. The fourth-order valence-corrected chi connectivity index (χ4v) is 9.28. The number of nitrogens with zero attached hydrogens (tertiary/aromatic N) is 6. The Morgan fingerprint density at radius 1 is 0.754 bits per heavy atom. The molecule has 0 spiro atoms. The molecule has 6 aromatic rings. The first-order valence-corrected chi connectivity index (χ1v) is 22.4. The molecular formula is C50H57F4N11. The normalized spacial score (nSPS) is 19.8. The zero-order valence-corrected chi connectivity index (χ0v) is 37.0. The molecule has 2 aliphatic heterocycles. The minimum absolute atomic E-state index is 0.0573. The molecule has 6 N–H and O–H groups in total. The highest BCUT2D eigenvalue weighted by Crippen LogP contribution is 2.34. The summed E-state index contributed by atoms with van der Waals surface area (Å²) in [6.45, 7) is 12.4. The third-order valence-corrected chi connectivity index (χ3v) is 12.6. The molecule has 15 heteroatoms. The van der Waals surface area contributed by atoms with Gasteiger partial charge in [0, 0.05) is 125 Å². The molecular weight excluding hydrogens is 831 g/mol. The third kappa shape index (κ3) is 11.5. The highest BCUT2D eigenvalue weighted by Gasteiger charge is 2.39. The molecule has 0 amide bonds. The molecule has 5 atom stereocenters. The average Bonchev–Trinajstić information content (AvgIpc) is 3.29. The van der Waals surface area contributed by atoms with E-state index in [1.807, 2.05) is 31.2 Å². The lowest BCUT2D eigenvalue weighted by Crippen LogP contribution is -2.62. The van der Waals surface area contributed by atoms with Gasteiger partial charge < -0.3 is 27.0 Å². The number of aryl methyl sites for hydroxylation is 1. The SMILES string of the molecule is Cc1ccc(CN2C(C(CNc3nccc(-c4cccc(CN5CCNCC5CN)c4)n3)c3cc(F)cc(F)c3)[C@H](C)NC[C@@H]2C)cc1-c1ccnc(NCCc2cc(F)cc(F)c2)n1. The van der Waals surface area contributed by atoms with Crippen LogP contribution in [0.2, 0.25) is 0 Å². The fourth-order valence-electron chi connectivity index (χ4n) is 9.28. The number of hydrogen-bond donors (Lipinski definition) is 5. The van der Waals surface area contributed by atoms with Gasteiger partial charge in [0.05, 0.1) is 11.4 Å². The number of rotatable bonds is 16. The summed E-state index contributed by atoms with van der Waals surface area (Å²) in [6.07, 6.45) is 3.81. The molecule has 2 aliphatic rings. The number of benzene rings is 4. The Balaban J connectivity index is 1.02. The van der Waals surface area contributed by atoms with Crippen molar-refractivity contribution in [2.45, 2.75) is 70.4 Å². The molecule has 0 saturated carbocycles. The van der Waals surface area contributed by atoms with Crippen LogP contribution in [0.4, 0.5) is 29.5 Å². The van der Waals surface area contributed by atoms with Crippen molar-refractivity contribution in [2.75, 3.05) is 56.4 Å². The largest absolute Gasteiger partial charge is 0.354 e. The van der Waals surface area contributed by atoms with E-state index in [9.17, 15) is 8.78 Å². The maximum absolute atomic E-state index is 15.1. The molecule has 4 heterocycles. The van der Waals surface area contributed by atoms with Gasteiger partial charge in [-0.1, -0.05) is 30.3 Å². The van der Waals surface area contributed by atoms with Crippen molar-refractivity contribution in [3.05, 3.63) is 154 Å². The highest BCUT2D eigenvalue weighted by molar-refractivity contribution is 5.65. The lowest BCUT2D eigenvalue weighted by Gasteiger charge is -2.48. The number of halogens is 4. The lowest BCUT2D eigenvalue weighted by molar-refractivity contribution is 0.0537. The van der Waals surface area contributed by atoms with Crippen molar-refractivity contribution in [2.24, 2.45) is 5.73 Å². The predicted octanol–water partition coefficient (Wildman–Crippen LogP) is 7.30. The number of aromatic nitrogens is 4. The molecule has 0 radical (unpaired) electrons. The van der Waals surface area contributed by atoms with Gasteiger partial charge in [-0.3, -0.25) is 9.80 Å². The van der Waals surface area contributed by atoms with Crippen molar-refractivity contribution < 1.29 is 17.6 Å². The summed E-state index contributed by atoms with van der Waals surface area (Å²) in [5.41, 5.74) is 13.8. The Kier molecular flexibility index (Phi) is 14.8. The Morgan fingerprint density at radius 2 is 1.45 bits per heavy atom. The van der Waals surface area contributed by atoms with Crippen molar-refractivity contribution in [1.29, 1.82) is 0 Å². The average molecular weight is 888 g/mol. The topological polar surface area (TPSA) is 132 Å². The minimum Gasteiger partial charge on any atom is -0.354 e. The second-order valence-corrected chi connectivity index (χ2v) is 17.3. The summed E-state index contributed by atoms with van der Waals surface area (Å²) >= 11 is 0. The summed E-state index contributed by atoms with van der Waals surface area (Å²) in [7, 11) is 0. The van der Waals surface area contributed by atoms with E-state index < -0.39 is 23.3 Å². The Bertz CT molecular complexity index is 2520. The van der Waals surface area contributed by atoms with Crippen molar-refractivity contribution in [1.82, 2.24) is 40.4 Å². The van der Waals surface area contributed by atoms with E-state index in [4.69, 9.17) is 15.7 Å². The quantitative estimate of drug-likeness (QED) is 0.0628. The van der Waals surface area contributed by atoms with E-state index in [-0.39, 0.29) is 30.1 Å². The summed E-state index contributed by atoms with van der Waals surface area (Å²) in [4.78, 5) is 23.6. The van der Waals surface area contributed by atoms with Crippen LogP contribution in [0.15, 0.2) is 103 Å². The first kappa shape index (κ1) is 45.7. The van der Waals surface area contributed by atoms with Gasteiger partial charge in [-0.25, -0.2) is 37.5 Å². The van der Waals surface area contributed by atoms with E-state index in [1.54, 1.807) is 12.4 Å². The Hall–Kier alpha value is -5.84. The summed E-state index contributed by atoms with van der Waals surface area (Å²) in [5.74, 6) is -2.07. The van der Waals surface area contributed by atoms with E-state index in [2.05, 4.69) is 85.2 Å². The fraction of sp³-hybridized carbons (Fsp3) is 0.360. The van der Waals surface area contributed by atoms with Crippen LogP contribution < -0.4 is 27.0 Å². The number of anilines is 2. The lowest BCUT2D eigenvalue weighted by atomic mass is 9.83. The second kappa shape index (κ2) is 21.0. The molecule has 0 aliphatic carbocycles. The van der Waals surface area contributed by atoms with E-state index in [0.717, 1.165) is 78.5 Å². The smallest absolute Gasteiger partial charge is 0.223 e. The number of hydrogen-bond acceptors (Lipinski definition) is 11. The Morgan fingerprint density at radius 3 is 2.20 bits per heavy atom. The molecule has 2 saturated heterocycles. The highest BCUT2D eigenvalue weighted by atomic mass is 19.1. The van der Waals surface area contributed by atoms with Crippen LogP contribution in [-0.2, 0) is 19.5 Å². The molecule has 340 valence electrons. The second-order valence-electron chi connectivity index (χ2n) is 17.3. The van der Waals surface area contributed by atoms with Crippen LogP contribution in [0.25, 0.3) is 22.5 Å². The van der Waals surface area contributed by atoms with E-state index >= 15 is 8.78 Å². The number of piperazine rings is 2. The summed E-state index contributed by atoms with van der Waals surface area (Å²) < 4.78 is 57.7.